The van der Waals surface area contributed by atoms with E-state index in [4.69, 9.17) is 37.0 Å². The number of esters is 4. The standard InChI is InChI=1S/C72H140O17P2/c1-6-10-13-16-17-18-19-20-21-22-23-27-30-33-36-39-42-47-51-56-70(75)83-62-68(89-72(77)58-53-48-43-40-37-34-31-28-25-24-26-29-32-35-38-41-46-49-54-65(5)9-4)64-87-91(80,81)85-60-66(73)59-84-90(78,79)86-63-67(88-71(76)57-52-45-15-12-8-3)61-82-69(74)55-50-44-14-11-7-2/h65-68,73H,6-64H2,1-5H3,(H,78,79)(H,80,81)/t65?,66-,67+,68+/m0/s1. The Kier molecular flexibility index (Phi) is 64.0. The molecule has 0 aliphatic rings. The molecule has 0 aromatic rings. The number of aliphatic hydroxyl groups is 1. The Morgan fingerprint density at radius 1 is 0.308 bits per heavy atom. The zero-order chi connectivity index (χ0) is 67.0. The predicted molar refractivity (Wildman–Crippen MR) is 368 cm³/mol. The van der Waals surface area contributed by atoms with E-state index in [0.717, 1.165) is 102 Å². The van der Waals surface area contributed by atoms with Crippen LogP contribution < -0.4 is 0 Å². The number of ether oxygens (including phenoxy) is 4. The van der Waals surface area contributed by atoms with Crippen molar-refractivity contribution in [3.8, 4) is 0 Å². The first-order valence-corrected chi connectivity index (χ1v) is 40.7. The summed E-state index contributed by atoms with van der Waals surface area (Å²) in [6.07, 6.45) is 53.8. The quantitative estimate of drug-likeness (QED) is 0.0222. The molecule has 0 aliphatic heterocycles. The van der Waals surface area contributed by atoms with E-state index in [-0.39, 0.29) is 25.7 Å². The smallest absolute Gasteiger partial charge is 0.462 e. The minimum absolute atomic E-state index is 0.0991. The van der Waals surface area contributed by atoms with E-state index < -0.39 is 97.5 Å². The number of hydrogen-bond acceptors (Lipinski definition) is 15. The number of carbonyl (C=O) groups excluding carboxylic acids is 4. The van der Waals surface area contributed by atoms with E-state index in [1.807, 2.05) is 0 Å². The summed E-state index contributed by atoms with van der Waals surface area (Å²) in [4.78, 5) is 72.0. The van der Waals surface area contributed by atoms with Crippen molar-refractivity contribution in [3.63, 3.8) is 0 Å². The maximum atomic E-state index is 13.1. The molecule has 540 valence electrons. The summed E-state index contributed by atoms with van der Waals surface area (Å²) in [5.74, 6) is -1.27. The molecule has 19 heteroatoms. The maximum absolute atomic E-state index is 13.1. The number of carbonyl (C=O) groups is 4. The van der Waals surface area contributed by atoms with Crippen LogP contribution in [0.5, 0.6) is 0 Å². The van der Waals surface area contributed by atoms with E-state index in [0.29, 0.717) is 25.7 Å². The van der Waals surface area contributed by atoms with Gasteiger partial charge in [0.2, 0.25) is 0 Å². The molecule has 0 aliphatic carbocycles. The van der Waals surface area contributed by atoms with Gasteiger partial charge < -0.3 is 33.8 Å². The summed E-state index contributed by atoms with van der Waals surface area (Å²) >= 11 is 0. The van der Waals surface area contributed by atoms with Crippen LogP contribution in [0.1, 0.15) is 375 Å². The number of hydrogen-bond donors (Lipinski definition) is 3. The molecule has 0 aromatic carbocycles. The zero-order valence-corrected chi connectivity index (χ0v) is 60.8. The van der Waals surface area contributed by atoms with Gasteiger partial charge in [-0.05, 0) is 31.6 Å². The van der Waals surface area contributed by atoms with Crippen LogP contribution in [0.4, 0.5) is 0 Å². The molecule has 0 saturated heterocycles. The topological polar surface area (TPSA) is 237 Å². The molecule has 0 spiro atoms. The molecule has 3 unspecified atom stereocenters. The first-order chi connectivity index (χ1) is 44.1. The molecular formula is C72H140O17P2. The average molecular weight is 1340 g/mol. The minimum Gasteiger partial charge on any atom is -0.462 e. The summed E-state index contributed by atoms with van der Waals surface area (Å²) in [6, 6.07) is 0. The highest BCUT2D eigenvalue weighted by atomic mass is 31.2. The molecule has 17 nitrogen and oxygen atoms in total. The van der Waals surface area contributed by atoms with Gasteiger partial charge in [-0.25, -0.2) is 9.13 Å². The van der Waals surface area contributed by atoms with Gasteiger partial charge in [0.15, 0.2) is 12.2 Å². The van der Waals surface area contributed by atoms with Crippen molar-refractivity contribution in [1.82, 2.24) is 0 Å². The Labute approximate surface area is 556 Å². The van der Waals surface area contributed by atoms with Gasteiger partial charge in [-0.15, -0.1) is 0 Å². The van der Waals surface area contributed by atoms with Crippen molar-refractivity contribution in [2.24, 2.45) is 5.92 Å². The molecule has 0 amide bonds. The average Bonchev–Trinajstić information content (AvgIpc) is 3.62. The molecule has 91 heavy (non-hydrogen) atoms. The van der Waals surface area contributed by atoms with Crippen LogP contribution in [-0.4, -0.2) is 96.7 Å². The van der Waals surface area contributed by atoms with E-state index in [1.165, 1.54) is 193 Å². The fraction of sp³-hybridized carbons (Fsp3) is 0.944. The highest BCUT2D eigenvalue weighted by Crippen LogP contribution is 2.45. The Hall–Kier alpha value is -1.94. The van der Waals surface area contributed by atoms with Crippen molar-refractivity contribution >= 4 is 39.5 Å². The van der Waals surface area contributed by atoms with Gasteiger partial charge in [0.25, 0.3) is 0 Å². The second-order valence-electron chi connectivity index (χ2n) is 26.2. The molecular weight excluding hydrogens is 1200 g/mol. The number of phosphoric ester groups is 2. The normalized spacial score (nSPS) is 14.3. The molecule has 0 saturated carbocycles. The highest BCUT2D eigenvalue weighted by molar-refractivity contribution is 7.47. The summed E-state index contributed by atoms with van der Waals surface area (Å²) in [5, 5.41) is 10.5. The van der Waals surface area contributed by atoms with Gasteiger partial charge in [-0.1, -0.05) is 324 Å². The lowest BCUT2D eigenvalue weighted by molar-refractivity contribution is -0.161. The molecule has 6 atom stereocenters. The van der Waals surface area contributed by atoms with Crippen molar-refractivity contribution in [3.05, 3.63) is 0 Å². The van der Waals surface area contributed by atoms with E-state index >= 15 is 0 Å². The SMILES string of the molecule is CCCCCCCCCCCCCCCCCCCCCC(=O)OC[C@H](COP(=O)(O)OC[C@@H](O)COP(=O)(O)OC[C@@H](COC(=O)CCCCCCC)OC(=O)CCCCCCC)OC(=O)CCCCCCCCCCCCCCCCCCCCC(C)CC. The van der Waals surface area contributed by atoms with Gasteiger partial charge >= 0.3 is 39.5 Å². The lowest BCUT2D eigenvalue weighted by Gasteiger charge is -2.21. The van der Waals surface area contributed by atoms with Crippen molar-refractivity contribution in [1.29, 1.82) is 0 Å². The highest BCUT2D eigenvalue weighted by Gasteiger charge is 2.30. The molecule has 0 fully saturated rings. The second kappa shape index (κ2) is 65.4. The van der Waals surface area contributed by atoms with Gasteiger partial charge in [0.05, 0.1) is 26.4 Å². The maximum Gasteiger partial charge on any atom is 0.472 e. The molecule has 3 N–H and O–H groups in total. The van der Waals surface area contributed by atoms with Gasteiger partial charge in [0.1, 0.15) is 19.3 Å². The summed E-state index contributed by atoms with van der Waals surface area (Å²) in [5.41, 5.74) is 0. The van der Waals surface area contributed by atoms with Gasteiger partial charge in [-0.2, -0.15) is 0 Å². The minimum atomic E-state index is -4.95. The summed E-state index contributed by atoms with van der Waals surface area (Å²) < 4.78 is 67.8. The van der Waals surface area contributed by atoms with Crippen LogP contribution in [0.25, 0.3) is 0 Å². The lowest BCUT2D eigenvalue weighted by Crippen LogP contribution is -2.30. The number of phosphoric acid groups is 2. The van der Waals surface area contributed by atoms with Crippen LogP contribution in [0.2, 0.25) is 0 Å². The number of unbranched alkanes of at least 4 members (excludes halogenated alkanes) is 43. The van der Waals surface area contributed by atoms with Crippen LogP contribution in [-0.2, 0) is 65.4 Å². The van der Waals surface area contributed by atoms with Gasteiger partial charge in [0, 0.05) is 25.7 Å². The Morgan fingerprint density at radius 3 is 0.780 bits per heavy atom. The van der Waals surface area contributed by atoms with Crippen LogP contribution in [0.15, 0.2) is 0 Å². The molecule has 0 rings (SSSR count). The molecule has 0 heterocycles. The Morgan fingerprint density at radius 2 is 0.527 bits per heavy atom. The van der Waals surface area contributed by atoms with E-state index in [2.05, 4.69) is 34.6 Å². The lowest BCUT2D eigenvalue weighted by atomic mass is 9.99. The fourth-order valence-corrected chi connectivity index (χ4v) is 12.5. The summed E-state index contributed by atoms with van der Waals surface area (Å²) in [7, 11) is -9.88. The Bertz CT molecular complexity index is 1760. The molecule has 0 bridgehead atoms. The number of rotatable bonds is 72. The fourth-order valence-electron chi connectivity index (χ4n) is 11.0. The van der Waals surface area contributed by atoms with Crippen molar-refractivity contribution in [2.75, 3.05) is 39.6 Å². The first-order valence-electron chi connectivity index (χ1n) is 37.7. The largest absolute Gasteiger partial charge is 0.472 e. The third-order valence-electron chi connectivity index (χ3n) is 17.1. The second-order valence-corrected chi connectivity index (χ2v) is 29.1. The van der Waals surface area contributed by atoms with Crippen LogP contribution in [0, 0.1) is 5.92 Å². The zero-order valence-electron chi connectivity index (χ0n) is 59.0. The van der Waals surface area contributed by atoms with Crippen LogP contribution >= 0.6 is 15.6 Å². The first kappa shape index (κ1) is 89.1. The monoisotopic (exact) mass is 1340 g/mol. The number of aliphatic hydroxyl groups excluding tert-OH is 1. The molecule has 0 aromatic heterocycles. The van der Waals surface area contributed by atoms with Crippen LogP contribution in [0.3, 0.4) is 0 Å². The van der Waals surface area contributed by atoms with E-state index in [9.17, 15) is 43.2 Å². The van der Waals surface area contributed by atoms with Gasteiger partial charge in [-0.3, -0.25) is 37.3 Å². The third-order valence-corrected chi connectivity index (χ3v) is 19.0. The van der Waals surface area contributed by atoms with Crippen molar-refractivity contribution in [2.45, 2.75) is 393 Å². The third kappa shape index (κ3) is 65.1. The summed E-state index contributed by atoms with van der Waals surface area (Å²) in [6.45, 7) is 7.13. The molecule has 0 radical (unpaired) electrons. The predicted octanol–water partition coefficient (Wildman–Crippen LogP) is 20.9. The Balaban J connectivity index is 5.02. The van der Waals surface area contributed by atoms with Crippen molar-refractivity contribution < 1.29 is 80.2 Å². The van der Waals surface area contributed by atoms with E-state index in [1.54, 1.807) is 0 Å².